The van der Waals surface area contributed by atoms with E-state index < -0.39 is 0 Å². The summed E-state index contributed by atoms with van der Waals surface area (Å²) in [6.07, 6.45) is 4.24. The first-order valence-electron chi connectivity index (χ1n) is 6.33. The quantitative estimate of drug-likeness (QED) is 0.767. The number of nitrogens with zero attached hydrogens (tertiary/aromatic N) is 1. The molecule has 2 unspecified atom stereocenters. The monoisotopic (exact) mass is 210 g/mol. The van der Waals surface area contributed by atoms with E-state index in [9.17, 15) is 0 Å². The predicted molar refractivity (Wildman–Crippen MR) is 65.0 cm³/mol. The maximum Gasteiger partial charge on any atom is 0.0110 e. The molecule has 2 aliphatic rings. The van der Waals surface area contributed by atoms with Gasteiger partial charge in [0.05, 0.1) is 0 Å². The van der Waals surface area contributed by atoms with Crippen LogP contribution in [0.1, 0.15) is 40.0 Å². The Morgan fingerprint density at radius 2 is 2.00 bits per heavy atom. The van der Waals surface area contributed by atoms with Gasteiger partial charge in [0, 0.05) is 25.7 Å². The molecular formula is C13H26N2. The van der Waals surface area contributed by atoms with E-state index in [-0.39, 0.29) is 0 Å². The second-order valence-electron chi connectivity index (χ2n) is 6.79. The van der Waals surface area contributed by atoms with Gasteiger partial charge in [-0.25, -0.2) is 0 Å². The van der Waals surface area contributed by atoms with E-state index in [1.807, 2.05) is 7.05 Å². The third-order valence-corrected chi connectivity index (χ3v) is 4.17. The van der Waals surface area contributed by atoms with Crippen LogP contribution in [-0.4, -0.2) is 37.6 Å². The summed E-state index contributed by atoms with van der Waals surface area (Å²) in [5, 5.41) is 3.27. The molecule has 0 aromatic heterocycles. The number of likely N-dealkylation sites (N-methyl/N-ethyl adjacent to an activating group) is 1. The molecule has 0 aromatic rings. The van der Waals surface area contributed by atoms with Crippen LogP contribution in [0.25, 0.3) is 0 Å². The fraction of sp³-hybridized carbons (Fsp3) is 1.00. The number of hydrogen-bond acceptors (Lipinski definition) is 2. The molecular weight excluding hydrogens is 184 g/mol. The molecule has 15 heavy (non-hydrogen) atoms. The van der Waals surface area contributed by atoms with Gasteiger partial charge < -0.3 is 5.32 Å². The third kappa shape index (κ3) is 2.36. The fourth-order valence-electron chi connectivity index (χ4n) is 4.09. The highest BCUT2D eigenvalue weighted by Gasteiger charge is 2.48. The number of hydrogen-bond donors (Lipinski definition) is 1. The van der Waals surface area contributed by atoms with E-state index in [1.54, 1.807) is 0 Å². The topological polar surface area (TPSA) is 15.3 Å². The van der Waals surface area contributed by atoms with Crippen LogP contribution in [0.5, 0.6) is 0 Å². The molecule has 0 spiro atoms. The molecule has 1 N–H and O–H groups in total. The van der Waals surface area contributed by atoms with Crippen LogP contribution in [0, 0.1) is 10.8 Å². The molecule has 0 radical (unpaired) electrons. The normalized spacial score (nSPS) is 39.6. The first-order valence-corrected chi connectivity index (χ1v) is 6.33. The van der Waals surface area contributed by atoms with Gasteiger partial charge in [0.15, 0.2) is 0 Å². The van der Waals surface area contributed by atoms with Crippen molar-refractivity contribution in [3.05, 3.63) is 0 Å². The zero-order valence-electron chi connectivity index (χ0n) is 10.8. The highest BCUT2D eigenvalue weighted by atomic mass is 15.2. The summed E-state index contributed by atoms with van der Waals surface area (Å²) in [6, 6.07) is 0.854. The van der Waals surface area contributed by atoms with Gasteiger partial charge in [0.25, 0.3) is 0 Å². The molecule has 2 rings (SSSR count). The Balaban J connectivity index is 2.03. The van der Waals surface area contributed by atoms with Gasteiger partial charge >= 0.3 is 0 Å². The standard InChI is InChI=1S/C13H26N2/c1-12(2)7-11-8-13(3,9-12)10-15(11)6-5-14-4/h11,14H,5-10H2,1-4H3. The van der Waals surface area contributed by atoms with Gasteiger partial charge in [0.2, 0.25) is 0 Å². The van der Waals surface area contributed by atoms with Crippen molar-refractivity contribution < 1.29 is 0 Å². The molecule has 2 atom stereocenters. The van der Waals surface area contributed by atoms with E-state index in [1.165, 1.54) is 32.4 Å². The lowest BCUT2D eigenvalue weighted by Gasteiger charge is -2.39. The van der Waals surface area contributed by atoms with Crippen molar-refractivity contribution in [2.24, 2.45) is 10.8 Å². The van der Waals surface area contributed by atoms with E-state index in [4.69, 9.17) is 0 Å². The highest BCUT2D eigenvalue weighted by Crippen LogP contribution is 2.52. The molecule has 1 aliphatic heterocycles. The lowest BCUT2D eigenvalue weighted by molar-refractivity contribution is 0.127. The SMILES string of the molecule is CNCCN1CC2(C)CC1CC(C)(C)C2. The van der Waals surface area contributed by atoms with Crippen LogP contribution in [-0.2, 0) is 0 Å². The van der Waals surface area contributed by atoms with Crippen molar-refractivity contribution in [3.8, 4) is 0 Å². The van der Waals surface area contributed by atoms with Gasteiger partial charge in [0.1, 0.15) is 0 Å². The van der Waals surface area contributed by atoms with E-state index in [0.29, 0.717) is 10.8 Å². The van der Waals surface area contributed by atoms with Crippen molar-refractivity contribution >= 4 is 0 Å². The van der Waals surface area contributed by atoms with E-state index in [0.717, 1.165) is 12.6 Å². The van der Waals surface area contributed by atoms with Crippen LogP contribution >= 0.6 is 0 Å². The van der Waals surface area contributed by atoms with Gasteiger partial charge in [-0.15, -0.1) is 0 Å². The van der Waals surface area contributed by atoms with Crippen LogP contribution < -0.4 is 5.32 Å². The third-order valence-electron chi connectivity index (χ3n) is 4.17. The molecule has 1 heterocycles. The molecule has 88 valence electrons. The van der Waals surface area contributed by atoms with Crippen LogP contribution in [0.15, 0.2) is 0 Å². The van der Waals surface area contributed by atoms with Crippen molar-refractivity contribution in [2.75, 3.05) is 26.7 Å². The summed E-state index contributed by atoms with van der Waals surface area (Å²) < 4.78 is 0. The van der Waals surface area contributed by atoms with Crippen molar-refractivity contribution in [1.29, 1.82) is 0 Å². The van der Waals surface area contributed by atoms with Gasteiger partial charge in [-0.3, -0.25) is 4.90 Å². The zero-order chi connectivity index (χ0) is 11.1. The number of nitrogens with one attached hydrogen (secondary N) is 1. The van der Waals surface area contributed by atoms with E-state index >= 15 is 0 Å². The second-order valence-corrected chi connectivity index (χ2v) is 6.79. The summed E-state index contributed by atoms with van der Waals surface area (Å²) in [6.45, 7) is 11.1. The molecule has 2 heteroatoms. The summed E-state index contributed by atoms with van der Waals surface area (Å²) >= 11 is 0. The summed E-state index contributed by atoms with van der Waals surface area (Å²) in [5.74, 6) is 0. The Morgan fingerprint density at radius 1 is 1.27 bits per heavy atom. The van der Waals surface area contributed by atoms with Crippen LogP contribution in [0.2, 0.25) is 0 Å². The second kappa shape index (κ2) is 3.74. The van der Waals surface area contributed by atoms with Crippen molar-refractivity contribution in [3.63, 3.8) is 0 Å². The summed E-state index contributed by atoms with van der Waals surface area (Å²) in [4.78, 5) is 2.71. The van der Waals surface area contributed by atoms with Crippen LogP contribution in [0.3, 0.4) is 0 Å². The Morgan fingerprint density at radius 3 is 2.67 bits per heavy atom. The Kier molecular flexibility index (Phi) is 2.85. The molecule has 1 aliphatic carbocycles. The Labute approximate surface area is 94.4 Å². The average molecular weight is 210 g/mol. The number of fused-ring (bicyclic) bond motifs is 2. The summed E-state index contributed by atoms with van der Waals surface area (Å²) in [5.41, 5.74) is 1.16. The minimum absolute atomic E-state index is 0.562. The van der Waals surface area contributed by atoms with E-state index in [2.05, 4.69) is 31.0 Å². The van der Waals surface area contributed by atoms with Crippen molar-refractivity contribution in [1.82, 2.24) is 10.2 Å². The molecule has 2 bridgehead atoms. The molecule has 1 saturated heterocycles. The maximum atomic E-state index is 3.27. The molecule has 0 amide bonds. The number of likely N-dealkylation sites (tertiary alicyclic amines) is 1. The Hall–Kier alpha value is -0.0800. The van der Waals surface area contributed by atoms with Gasteiger partial charge in [-0.2, -0.15) is 0 Å². The predicted octanol–water partition coefficient (Wildman–Crippen LogP) is 2.11. The molecule has 0 aromatic carbocycles. The largest absolute Gasteiger partial charge is 0.318 e. The smallest absolute Gasteiger partial charge is 0.0110 e. The lowest BCUT2D eigenvalue weighted by atomic mass is 9.65. The lowest BCUT2D eigenvalue weighted by Crippen LogP contribution is -2.37. The van der Waals surface area contributed by atoms with Crippen LogP contribution in [0.4, 0.5) is 0 Å². The minimum Gasteiger partial charge on any atom is -0.318 e. The average Bonchev–Trinajstić information content (AvgIpc) is 2.31. The fourth-order valence-corrected chi connectivity index (χ4v) is 4.09. The number of rotatable bonds is 3. The molecule has 2 fully saturated rings. The first kappa shape index (κ1) is 11.4. The van der Waals surface area contributed by atoms with Gasteiger partial charge in [-0.05, 0) is 37.1 Å². The maximum absolute atomic E-state index is 3.27. The Bertz CT molecular complexity index is 237. The highest BCUT2D eigenvalue weighted by molar-refractivity contribution is 5.02. The molecule has 2 nitrogen and oxygen atoms in total. The van der Waals surface area contributed by atoms with Gasteiger partial charge in [-0.1, -0.05) is 20.8 Å². The zero-order valence-corrected chi connectivity index (χ0v) is 10.8. The molecule has 1 saturated carbocycles. The first-order chi connectivity index (χ1) is 6.94. The van der Waals surface area contributed by atoms with Crippen molar-refractivity contribution in [2.45, 2.75) is 46.1 Å². The summed E-state index contributed by atoms with van der Waals surface area (Å²) in [7, 11) is 2.05. The minimum atomic E-state index is 0.562.